The molecule has 0 atom stereocenters. The van der Waals surface area contributed by atoms with Crippen LogP contribution < -0.4 is 4.74 Å². The lowest BCUT2D eigenvalue weighted by atomic mass is 10.1. The van der Waals surface area contributed by atoms with Gasteiger partial charge in [0, 0.05) is 6.20 Å². The Morgan fingerprint density at radius 1 is 1.53 bits per heavy atom. The number of carbonyl (C=O) groups excluding carboxylic acids is 1. The highest BCUT2D eigenvalue weighted by Crippen LogP contribution is 2.25. The minimum atomic E-state index is -4.99. The average Bonchev–Trinajstić information content (AvgIpc) is 2.25. The molecular formula is C9H5F3N2O3. The van der Waals surface area contributed by atoms with Gasteiger partial charge in [-0.15, -0.1) is 13.2 Å². The first-order valence-electron chi connectivity index (χ1n) is 4.12. The molecule has 0 unspecified atom stereocenters. The lowest BCUT2D eigenvalue weighted by Crippen LogP contribution is -2.19. The van der Waals surface area contributed by atoms with Crippen molar-refractivity contribution in [3.05, 3.63) is 23.4 Å². The number of hydrogen-bond acceptors (Lipinski definition) is 5. The Kier molecular flexibility index (Phi) is 3.52. The van der Waals surface area contributed by atoms with E-state index in [1.54, 1.807) is 0 Å². The van der Waals surface area contributed by atoms with Crippen LogP contribution in [0.2, 0.25) is 0 Å². The van der Waals surface area contributed by atoms with Gasteiger partial charge in [-0.25, -0.2) is 9.78 Å². The molecule has 17 heavy (non-hydrogen) atoms. The van der Waals surface area contributed by atoms with Crippen molar-refractivity contribution in [1.29, 1.82) is 5.26 Å². The third-order valence-corrected chi connectivity index (χ3v) is 1.65. The molecular weight excluding hydrogens is 241 g/mol. The van der Waals surface area contributed by atoms with Crippen LogP contribution in [0.25, 0.3) is 0 Å². The van der Waals surface area contributed by atoms with Crippen LogP contribution in [-0.2, 0) is 4.74 Å². The number of nitrogens with zero attached hydrogens (tertiary/aromatic N) is 2. The maximum atomic E-state index is 12.0. The minimum Gasteiger partial charge on any atom is -0.465 e. The smallest absolute Gasteiger partial charge is 0.465 e. The number of hydrogen-bond donors (Lipinski definition) is 0. The zero-order valence-electron chi connectivity index (χ0n) is 8.41. The van der Waals surface area contributed by atoms with Gasteiger partial charge in [0.25, 0.3) is 0 Å². The van der Waals surface area contributed by atoms with E-state index in [9.17, 15) is 18.0 Å². The molecule has 1 heterocycles. The van der Waals surface area contributed by atoms with Gasteiger partial charge in [-0.3, -0.25) is 0 Å². The highest BCUT2D eigenvalue weighted by Gasteiger charge is 2.34. The van der Waals surface area contributed by atoms with Crippen molar-refractivity contribution in [2.45, 2.75) is 6.36 Å². The fraction of sp³-hybridized carbons (Fsp3) is 0.222. The van der Waals surface area contributed by atoms with Crippen LogP contribution >= 0.6 is 0 Å². The Labute approximate surface area is 93.4 Å². The quantitative estimate of drug-likeness (QED) is 0.741. The molecule has 0 aromatic carbocycles. The first-order valence-corrected chi connectivity index (χ1v) is 4.12. The second kappa shape index (κ2) is 4.69. The van der Waals surface area contributed by atoms with Gasteiger partial charge in [0.05, 0.1) is 12.7 Å². The van der Waals surface area contributed by atoms with Crippen LogP contribution in [0.1, 0.15) is 15.9 Å². The van der Waals surface area contributed by atoms with Gasteiger partial charge < -0.3 is 9.47 Å². The second-order valence-corrected chi connectivity index (χ2v) is 2.69. The van der Waals surface area contributed by atoms with Crippen molar-refractivity contribution in [3.63, 3.8) is 0 Å². The molecule has 0 aliphatic heterocycles. The molecule has 0 fully saturated rings. The number of pyridine rings is 1. The predicted molar refractivity (Wildman–Crippen MR) is 47.0 cm³/mol. The fourth-order valence-corrected chi connectivity index (χ4v) is 1.02. The topological polar surface area (TPSA) is 72.2 Å². The minimum absolute atomic E-state index is 0.343. The number of carbonyl (C=O) groups is 1. The summed E-state index contributed by atoms with van der Waals surface area (Å²) in [5.74, 6) is -1.93. The zero-order valence-corrected chi connectivity index (χ0v) is 8.41. The van der Waals surface area contributed by atoms with Crippen molar-refractivity contribution in [2.24, 2.45) is 0 Å². The Balaban J connectivity index is 3.25. The standard InChI is InChI=1S/C9H5F3N2O3/c1-16-8(15)5-2-3-14-7(6(5)4-13)17-9(10,11)12/h2-3H,1H3. The molecule has 0 saturated carbocycles. The third kappa shape index (κ3) is 3.07. The van der Waals surface area contributed by atoms with E-state index in [2.05, 4.69) is 14.5 Å². The normalized spacial score (nSPS) is 10.5. The van der Waals surface area contributed by atoms with Crippen molar-refractivity contribution in [3.8, 4) is 11.9 Å². The van der Waals surface area contributed by atoms with Crippen LogP contribution in [0.5, 0.6) is 5.88 Å². The molecule has 8 heteroatoms. The van der Waals surface area contributed by atoms with E-state index in [0.29, 0.717) is 0 Å². The summed E-state index contributed by atoms with van der Waals surface area (Å²) in [4.78, 5) is 14.4. The van der Waals surface area contributed by atoms with Gasteiger partial charge in [0.15, 0.2) is 0 Å². The van der Waals surface area contributed by atoms with Gasteiger partial charge >= 0.3 is 12.3 Å². The fourth-order valence-electron chi connectivity index (χ4n) is 1.02. The van der Waals surface area contributed by atoms with E-state index in [0.717, 1.165) is 19.4 Å². The van der Waals surface area contributed by atoms with Gasteiger partial charge in [0.1, 0.15) is 11.6 Å². The number of alkyl halides is 3. The average molecular weight is 246 g/mol. The van der Waals surface area contributed by atoms with Crippen molar-refractivity contribution in [1.82, 2.24) is 4.98 Å². The van der Waals surface area contributed by atoms with E-state index in [1.807, 2.05) is 0 Å². The molecule has 0 aliphatic carbocycles. The monoisotopic (exact) mass is 246 g/mol. The number of nitriles is 1. The van der Waals surface area contributed by atoms with E-state index in [-0.39, 0.29) is 5.56 Å². The van der Waals surface area contributed by atoms with E-state index in [1.165, 1.54) is 6.07 Å². The summed E-state index contributed by atoms with van der Waals surface area (Å²) in [6.07, 6.45) is -4.08. The number of rotatable bonds is 2. The lowest BCUT2D eigenvalue weighted by Gasteiger charge is -2.10. The number of methoxy groups -OCH3 is 1. The van der Waals surface area contributed by atoms with Crippen molar-refractivity contribution in [2.75, 3.05) is 7.11 Å². The van der Waals surface area contributed by atoms with Gasteiger partial charge in [-0.1, -0.05) is 0 Å². The zero-order chi connectivity index (χ0) is 13.1. The molecule has 1 rings (SSSR count). The summed E-state index contributed by atoms with van der Waals surface area (Å²) in [5, 5.41) is 8.70. The Hall–Kier alpha value is -2.30. The van der Waals surface area contributed by atoms with Gasteiger partial charge in [0.2, 0.25) is 5.88 Å². The Morgan fingerprint density at radius 3 is 2.65 bits per heavy atom. The lowest BCUT2D eigenvalue weighted by molar-refractivity contribution is -0.276. The third-order valence-electron chi connectivity index (χ3n) is 1.65. The number of aromatic nitrogens is 1. The summed E-state index contributed by atoms with van der Waals surface area (Å²) >= 11 is 0. The molecule has 90 valence electrons. The molecule has 0 bridgehead atoms. The van der Waals surface area contributed by atoms with E-state index in [4.69, 9.17) is 5.26 Å². The summed E-state index contributed by atoms with van der Waals surface area (Å²) in [6.45, 7) is 0. The van der Waals surface area contributed by atoms with Crippen LogP contribution in [0, 0.1) is 11.3 Å². The summed E-state index contributed by atoms with van der Waals surface area (Å²) < 4.78 is 43.8. The van der Waals surface area contributed by atoms with Crippen LogP contribution in [-0.4, -0.2) is 24.4 Å². The highest BCUT2D eigenvalue weighted by molar-refractivity contribution is 5.92. The molecule has 1 aromatic rings. The largest absolute Gasteiger partial charge is 0.574 e. The maximum Gasteiger partial charge on any atom is 0.574 e. The molecule has 5 nitrogen and oxygen atoms in total. The molecule has 0 spiro atoms. The first-order chi connectivity index (χ1) is 7.89. The predicted octanol–water partition coefficient (Wildman–Crippen LogP) is 1.64. The van der Waals surface area contributed by atoms with Crippen LogP contribution in [0.4, 0.5) is 13.2 Å². The highest BCUT2D eigenvalue weighted by atomic mass is 19.4. The molecule has 0 radical (unpaired) electrons. The van der Waals surface area contributed by atoms with E-state index >= 15 is 0 Å². The molecule has 0 amide bonds. The maximum absolute atomic E-state index is 12.0. The van der Waals surface area contributed by atoms with E-state index < -0.39 is 23.8 Å². The van der Waals surface area contributed by atoms with Crippen molar-refractivity contribution >= 4 is 5.97 Å². The summed E-state index contributed by atoms with van der Waals surface area (Å²) in [6, 6.07) is 2.48. The molecule has 0 aliphatic rings. The SMILES string of the molecule is COC(=O)c1ccnc(OC(F)(F)F)c1C#N. The number of ether oxygens (including phenoxy) is 2. The van der Waals surface area contributed by atoms with Gasteiger partial charge in [-0.2, -0.15) is 5.26 Å². The second-order valence-electron chi connectivity index (χ2n) is 2.69. The first kappa shape index (κ1) is 12.8. The molecule has 0 N–H and O–H groups in total. The van der Waals surface area contributed by atoms with Crippen molar-refractivity contribution < 1.29 is 27.4 Å². The number of halogens is 3. The Morgan fingerprint density at radius 2 is 2.18 bits per heavy atom. The summed E-state index contributed by atoms with van der Waals surface area (Å²) in [5.41, 5.74) is -0.971. The van der Waals surface area contributed by atoms with Crippen LogP contribution in [0.3, 0.4) is 0 Å². The van der Waals surface area contributed by atoms with Gasteiger partial charge in [-0.05, 0) is 6.07 Å². The van der Waals surface area contributed by atoms with Crippen LogP contribution in [0.15, 0.2) is 12.3 Å². The Bertz CT molecular complexity index is 479. The summed E-state index contributed by atoms with van der Waals surface area (Å²) in [7, 11) is 1.04. The number of esters is 1. The molecule has 1 aromatic heterocycles. The molecule has 0 saturated heterocycles.